The van der Waals surface area contributed by atoms with Crippen molar-refractivity contribution in [3.63, 3.8) is 0 Å². The highest BCUT2D eigenvalue weighted by atomic mass is 35.5. The number of aldehydes is 1. The number of rotatable bonds is 2. The van der Waals surface area contributed by atoms with E-state index in [0.29, 0.717) is 11.3 Å². The summed E-state index contributed by atoms with van der Waals surface area (Å²) in [5, 5.41) is 7.42. The van der Waals surface area contributed by atoms with E-state index in [9.17, 15) is 9.18 Å². The molecule has 76 valence electrons. The fourth-order valence-electron chi connectivity index (χ4n) is 1.12. The second kappa shape index (κ2) is 3.78. The summed E-state index contributed by atoms with van der Waals surface area (Å²) in [7, 11) is 0. The van der Waals surface area contributed by atoms with Crippen molar-refractivity contribution in [2.75, 3.05) is 0 Å². The maximum atomic E-state index is 13.4. The van der Waals surface area contributed by atoms with E-state index in [1.54, 1.807) is 0 Å². The van der Waals surface area contributed by atoms with Crippen LogP contribution in [0.25, 0.3) is 5.69 Å². The minimum absolute atomic E-state index is 0.143. The van der Waals surface area contributed by atoms with Crippen LogP contribution in [0, 0.1) is 5.82 Å². The topological polar surface area (TPSA) is 47.8 Å². The van der Waals surface area contributed by atoms with Crippen molar-refractivity contribution < 1.29 is 9.18 Å². The van der Waals surface area contributed by atoms with E-state index in [1.165, 1.54) is 29.1 Å². The molecular formula is C9H5ClFN3O. The Hall–Kier alpha value is -1.75. The van der Waals surface area contributed by atoms with Gasteiger partial charge in [-0.25, -0.2) is 9.07 Å². The van der Waals surface area contributed by atoms with Crippen LogP contribution in [0.3, 0.4) is 0 Å². The summed E-state index contributed by atoms with van der Waals surface area (Å²) in [5.41, 5.74) is 0.337. The Morgan fingerprint density at radius 1 is 1.47 bits per heavy atom. The zero-order valence-electron chi connectivity index (χ0n) is 7.39. The second-order valence-electron chi connectivity index (χ2n) is 2.80. The zero-order chi connectivity index (χ0) is 10.8. The third kappa shape index (κ3) is 1.87. The maximum absolute atomic E-state index is 13.4. The summed E-state index contributed by atoms with van der Waals surface area (Å²) in [5.74, 6) is -0.523. The minimum Gasteiger partial charge on any atom is -0.296 e. The Bertz CT molecular complexity index is 512. The fraction of sp³-hybridized carbons (Fsp3) is 0. The van der Waals surface area contributed by atoms with Gasteiger partial charge in [0.15, 0.2) is 6.29 Å². The maximum Gasteiger partial charge on any atom is 0.171 e. The largest absolute Gasteiger partial charge is 0.296 e. The number of halogens is 2. The molecule has 0 saturated heterocycles. The van der Waals surface area contributed by atoms with Crippen LogP contribution in [-0.4, -0.2) is 21.3 Å². The molecule has 0 radical (unpaired) electrons. The lowest BCUT2D eigenvalue weighted by Crippen LogP contribution is -1.98. The molecule has 6 heteroatoms. The predicted molar refractivity (Wildman–Crippen MR) is 51.7 cm³/mol. The molecule has 0 unspecified atom stereocenters. The quantitative estimate of drug-likeness (QED) is 0.733. The van der Waals surface area contributed by atoms with Crippen molar-refractivity contribution in [3.05, 3.63) is 40.9 Å². The average Bonchev–Trinajstić information content (AvgIpc) is 2.66. The van der Waals surface area contributed by atoms with E-state index >= 15 is 0 Å². The number of aromatic nitrogens is 3. The minimum atomic E-state index is -0.523. The molecule has 0 amide bonds. The van der Waals surface area contributed by atoms with Gasteiger partial charge in [0.2, 0.25) is 0 Å². The van der Waals surface area contributed by atoms with Crippen molar-refractivity contribution in [2.24, 2.45) is 0 Å². The highest BCUT2D eigenvalue weighted by Crippen LogP contribution is 2.17. The van der Waals surface area contributed by atoms with Crippen molar-refractivity contribution in [1.82, 2.24) is 15.0 Å². The Balaban J connectivity index is 2.49. The van der Waals surface area contributed by atoms with Gasteiger partial charge in [0.05, 0.1) is 6.20 Å². The van der Waals surface area contributed by atoms with Gasteiger partial charge in [0.25, 0.3) is 0 Å². The van der Waals surface area contributed by atoms with Gasteiger partial charge in [-0.05, 0) is 18.2 Å². The van der Waals surface area contributed by atoms with E-state index in [4.69, 9.17) is 11.6 Å². The summed E-state index contributed by atoms with van der Waals surface area (Å²) in [6, 6.07) is 4.16. The zero-order valence-corrected chi connectivity index (χ0v) is 8.15. The molecular weight excluding hydrogens is 221 g/mol. The van der Waals surface area contributed by atoms with Crippen molar-refractivity contribution >= 4 is 17.9 Å². The Morgan fingerprint density at radius 2 is 2.27 bits per heavy atom. The number of hydrogen-bond donors (Lipinski definition) is 0. The molecule has 4 nitrogen and oxygen atoms in total. The van der Waals surface area contributed by atoms with Crippen LogP contribution in [0.1, 0.15) is 10.5 Å². The third-order valence-electron chi connectivity index (χ3n) is 1.79. The number of benzene rings is 1. The van der Waals surface area contributed by atoms with E-state index in [2.05, 4.69) is 10.3 Å². The number of carbonyl (C=O) groups excluding carboxylic acids is 1. The molecule has 0 aliphatic rings. The summed E-state index contributed by atoms with van der Waals surface area (Å²) in [6.07, 6.45) is 1.87. The lowest BCUT2D eigenvalue weighted by atomic mass is 10.3. The average molecular weight is 226 g/mol. The smallest absolute Gasteiger partial charge is 0.171 e. The molecule has 15 heavy (non-hydrogen) atoms. The van der Waals surface area contributed by atoms with Crippen LogP contribution >= 0.6 is 11.6 Å². The standard InChI is InChI=1S/C9H5ClFN3O/c10-6-1-2-9(8(11)3-6)14-4-7(5-15)12-13-14/h1-5H. The summed E-state index contributed by atoms with van der Waals surface area (Å²) >= 11 is 5.60. The van der Waals surface area contributed by atoms with Crippen LogP contribution in [0.15, 0.2) is 24.4 Å². The molecule has 0 aliphatic heterocycles. The molecule has 2 aromatic rings. The molecule has 1 aromatic heterocycles. The Kier molecular flexibility index (Phi) is 2.47. The van der Waals surface area contributed by atoms with E-state index < -0.39 is 5.82 Å². The van der Waals surface area contributed by atoms with E-state index in [-0.39, 0.29) is 11.4 Å². The molecule has 2 rings (SSSR count). The van der Waals surface area contributed by atoms with Crippen molar-refractivity contribution in [2.45, 2.75) is 0 Å². The molecule has 0 bridgehead atoms. The normalized spacial score (nSPS) is 10.3. The number of hydrogen-bond acceptors (Lipinski definition) is 3. The first kappa shape index (κ1) is 9.79. The number of carbonyl (C=O) groups is 1. The predicted octanol–water partition coefficient (Wildman–Crippen LogP) is 1.87. The van der Waals surface area contributed by atoms with Crippen molar-refractivity contribution in [3.8, 4) is 5.69 Å². The van der Waals surface area contributed by atoms with Gasteiger partial charge in [-0.15, -0.1) is 5.10 Å². The SMILES string of the molecule is O=Cc1cn(-c2ccc(Cl)cc2F)nn1. The van der Waals surface area contributed by atoms with Crippen LogP contribution < -0.4 is 0 Å². The van der Waals surface area contributed by atoms with Gasteiger partial charge in [-0.2, -0.15) is 0 Å². The van der Waals surface area contributed by atoms with Gasteiger partial charge in [-0.3, -0.25) is 4.79 Å². The Morgan fingerprint density at radius 3 is 2.87 bits per heavy atom. The van der Waals surface area contributed by atoms with Gasteiger partial charge >= 0.3 is 0 Å². The van der Waals surface area contributed by atoms with Crippen LogP contribution in [0.2, 0.25) is 5.02 Å². The molecule has 1 aromatic carbocycles. The molecule has 0 fully saturated rings. The summed E-state index contributed by atoms with van der Waals surface area (Å²) in [6.45, 7) is 0. The van der Waals surface area contributed by atoms with Gasteiger partial charge in [0.1, 0.15) is 17.2 Å². The first-order valence-electron chi connectivity index (χ1n) is 4.03. The molecule has 0 saturated carbocycles. The van der Waals surface area contributed by atoms with Crippen LogP contribution in [-0.2, 0) is 0 Å². The fourth-order valence-corrected chi connectivity index (χ4v) is 1.27. The van der Waals surface area contributed by atoms with Gasteiger partial charge in [-0.1, -0.05) is 16.8 Å². The Labute approximate surface area is 89.3 Å². The highest BCUT2D eigenvalue weighted by Gasteiger charge is 2.07. The lowest BCUT2D eigenvalue weighted by molar-refractivity contribution is 0.111. The highest BCUT2D eigenvalue weighted by molar-refractivity contribution is 6.30. The molecule has 0 N–H and O–H groups in total. The molecule has 0 spiro atoms. The molecule has 0 atom stereocenters. The van der Waals surface area contributed by atoms with Crippen LogP contribution in [0.4, 0.5) is 4.39 Å². The van der Waals surface area contributed by atoms with Crippen molar-refractivity contribution in [1.29, 1.82) is 0 Å². The van der Waals surface area contributed by atoms with E-state index in [0.717, 1.165) is 0 Å². The first-order valence-corrected chi connectivity index (χ1v) is 4.41. The number of nitrogens with zero attached hydrogens (tertiary/aromatic N) is 3. The van der Waals surface area contributed by atoms with Gasteiger partial charge < -0.3 is 0 Å². The van der Waals surface area contributed by atoms with Crippen LogP contribution in [0.5, 0.6) is 0 Å². The first-order chi connectivity index (χ1) is 7.20. The van der Waals surface area contributed by atoms with E-state index in [1.807, 2.05) is 0 Å². The lowest BCUT2D eigenvalue weighted by Gasteiger charge is -2.01. The van der Waals surface area contributed by atoms with Gasteiger partial charge in [0, 0.05) is 5.02 Å². The summed E-state index contributed by atoms with van der Waals surface area (Å²) in [4.78, 5) is 10.4. The summed E-state index contributed by atoms with van der Waals surface area (Å²) < 4.78 is 14.6. The second-order valence-corrected chi connectivity index (χ2v) is 3.24. The molecule has 1 heterocycles. The monoisotopic (exact) mass is 225 g/mol. The molecule has 0 aliphatic carbocycles. The third-order valence-corrected chi connectivity index (χ3v) is 2.02.